The lowest BCUT2D eigenvalue weighted by Gasteiger charge is -2.38. The van der Waals surface area contributed by atoms with Crippen LogP contribution in [0.2, 0.25) is 5.02 Å². The molecule has 0 aromatic heterocycles. The second kappa shape index (κ2) is 6.31. The van der Waals surface area contributed by atoms with Crippen LogP contribution in [0.1, 0.15) is 43.0 Å². The summed E-state index contributed by atoms with van der Waals surface area (Å²) in [6, 6.07) is 3.98. The third-order valence-electron chi connectivity index (χ3n) is 4.05. The first kappa shape index (κ1) is 15.6. The largest absolute Gasteiger partial charge is 0.345 e. The predicted octanol–water partition coefficient (Wildman–Crippen LogP) is 4.40. The van der Waals surface area contributed by atoms with Gasteiger partial charge in [-0.25, -0.2) is 4.39 Å². The van der Waals surface area contributed by atoms with Crippen LogP contribution in [0.15, 0.2) is 18.2 Å². The van der Waals surface area contributed by atoms with E-state index < -0.39 is 5.82 Å². The van der Waals surface area contributed by atoms with Gasteiger partial charge in [0, 0.05) is 11.4 Å². The molecule has 20 heavy (non-hydrogen) atoms. The molecule has 1 aromatic rings. The summed E-state index contributed by atoms with van der Waals surface area (Å²) in [4.78, 5) is 12.3. The van der Waals surface area contributed by atoms with Crippen LogP contribution in [0.25, 0.3) is 0 Å². The summed E-state index contributed by atoms with van der Waals surface area (Å²) in [5.74, 6) is 0.285. The maximum Gasteiger partial charge on any atom is 0.251 e. The minimum absolute atomic E-state index is 0.0464. The van der Waals surface area contributed by atoms with Crippen LogP contribution < -0.4 is 5.32 Å². The van der Waals surface area contributed by atoms with Crippen LogP contribution in [0.4, 0.5) is 4.39 Å². The Morgan fingerprint density at radius 3 is 2.65 bits per heavy atom. The Balaban J connectivity index is 2.11. The molecule has 2 rings (SSSR count). The van der Waals surface area contributed by atoms with E-state index in [-0.39, 0.29) is 16.5 Å². The van der Waals surface area contributed by atoms with Crippen molar-refractivity contribution < 1.29 is 9.18 Å². The molecule has 0 bridgehead atoms. The third-order valence-corrected chi connectivity index (χ3v) is 4.85. The summed E-state index contributed by atoms with van der Waals surface area (Å²) in [6.07, 6.45) is 3.85. The number of hydrogen-bond donors (Lipinski definition) is 1. The van der Waals surface area contributed by atoms with Crippen LogP contribution in [0, 0.1) is 11.7 Å². The lowest BCUT2D eigenvalue weighted by atomic mass is 9.78. The van der Waals surface area contributed by atoms with E-state index in [9.17, 15) is 9.18 Å². The van der Waals surface area contributed by atoms with E-state index in [4.69, 9.17) is 23.2 Å². The number of halogens is 3. The SMILES string of the molecule is CC1CCC(CCl)(NC(=O)c2ccc(F)c(Cl)c2)CC1. The maximum atomic E-state index is 13.1. The quantitative estimate of drug-likeness (QED) is 0.823. The van der Waals surface area contributed by atoms with E-state index in [2.05, 4.69) is 12.2 Å². The Bertz CT molecular complexity index is 499. The van der Waals surface area contributed by atoms with Gasteiger partial charge in [-0.2, -0.15) is 0 Å². The zero-order chi connectivity index (χ0) is 14.8. The molecule has 1 aromatic carbocycles. The average Bonchev–Trinajstić information content (AvgIpc) is 2.44. The Morgan fingerprint density at radius 2 is 2.10 bits per heavy atom. The molecular formula is C15H18Cl2FNO. The minimum atomic E-state index is -0.526. The van der Waals surface area contributed by atoms with Crippen molar-refractivity contribution in [2.24, 2.45) is 5.92 Å². The Hall–Kier alpha value is -0.800. The third kappa shape index (κ3) is 3.44. The molecule has 0 atom stereocenters. The maximum absolute atomic E-state index is 13.1. The molecule has 110 valence electrons. The lowest BCUT2D eigenvalue weighted by Crippen LogP contribution is -2.52. The molecule has 1 N–H and O–H groups in total. The smallest absolute Gasteiger partial charge is 0.251 e. The molecule has 0 radical (unpaired) electrons. The van der Waals surface area contributed by atoms with Crippen molar-refractivity contribution in [3.8, 4) is 0 Å². The van der Waals surface area contributed by atoms with Crippen LogP contribution in [-0.2, 0) is 0 Å². The zero-order valence-electron chi connectivity index (χ0n) is 11.4. The van der Waals surface area contributed by atoms with E-state index in [1.165, 1.54) is 18.2 Å². The average molecular weight is 318 g/mol. The lowest BCUT2D eigenvalue weighted by molar-refractivity contribution is 0.0872. The van der Waals surface area contributed by atoms with E-state index in [1.54, 1.807) is 0 Å². The summed E-state index contributed by atoms with van der Waals surface area (Å²) in [6.45, 7) is 2.21. The van der Waals surface area contributed by atoms with E-state index in [0.29, 0.717) is 17.4 Å². The molecule has 1 amide bonds. The first-order valence-corrected chi connectivity index (χ1v) is 7.70. The van der Waals surface area contributed by atoms with Crippen molar-refractivity contribution in [1.82, 2.24) is 5.32 Å². The number of alkyl halides is 1. The van der Waals surface area contributed by atoms with Gasteiger partial charge in [0.05, 0.1) is 10.6 Å². The first-order chi connectivity index (χ1) is 9.46. The summed E-state index contributed by atoms with van der Waals surface area (Å²) in [5, 5.41) is 2.97. The van der Waals surface area contributed by atoms with E-state index in [1.807, 2.05) is 0 Å². The molecule has 0 saturated heterocycles. The molecule has 1 aliphatic rings. The number of amides is 1. The highest BCUT2D eigenvalue weighted by atomic mass is 35.5. The fraction of sp³-hybridized carbons (Fsp3) is 0.533. The fourth-order valence-corrected chi connectivity index (χ4v) is 3.07. The van der Waals surface area contributed by atoms with Crippen molar-refractivity contribution >= 4 is 29.1 Å². The summed E-state index contributed by atoms with van der Waals surface area (Å²) < 4.78 is 13.1. The van der Waals surface area contributed by atoms with Gasteiger partial charge in [-0.05, 0) is 49.8 Å². The molecule has 0 unspecified atom stereocenters. The van der Waals surface area contributed by atoms with Crippen molar-refractivity contribution in [3.63, 3.8) is 0 Å². The number of rotatable bonds is 3. The fourth-order valence-electron chi connectivity index (χ4n) is 2.56. The Morgan fingerprint density at radius 1 is 1.45 bits per heavy atom. The highest BCUT2D eigenvalue weighted by molar-refractivity contribution is 6.31. The summed E-state index contributed by atoms with van der Waals surface area (Å²) in [7, 11) is 0. The van der Waals surface area contributed by atoms with Crippen LogP contribution >= 0.6 is 23.2 Å². The monoisotopic (exact) mass is 317 g/mol. The van der Waals surface area contributed by atoms with Crippen LogP contribution in [0.5, 0.6) is 0 Å². The number of carbonyl (C=O) groups is 1. The highest BCUT2D eigenvalue weighted by Crippen LogP contribution is 2.33. The summed E-state index contributed by atoms with van der Waals surface area (Å²) >= 11 is 11.8. The van der Waals surface area contributed by atoms with Gasteiger partial charge in [-0.15, -0.1) is 11.6 Å². The van der Waals surface area contributed by atoms with Gasteiger partial charge in [0.2, 0.25) is 0 Å². The van der Waals surface area contributed by atoms with E-state index >= 15 is 0 Å². The molecule has 0 heterocycles. The number of carbonyl (C=O) groups excluding carboxylic acids is 1. The van der Waals surface area contributed by atoms with E-state index in [0.717, 1.165) is 25.7 Å². The number of hydrogen-bond acceptors (Lipinski definition) is 1. The van der Waals surface area contributed by atoms with Crippen LogP contribution in [0.3, 0.4) is 0 Å². The standard InChI is InChI=1S/C15H18Cl2FNO/c1-10-4-6-15(9-16,7-5-10)19-14(20)11-2-3-13(18)12(17)8-11/h2-3,8,10H,4-7,9H2,1H3,(H,19,20). The first-order valence-electron chi connectivity index (χ1n) is 6.79. The van der Waals surface area contributed by atoms with Gasteiger partial charge in [0.25, 0.3) is 5.91 Å². The second-order valence-electron chi connectivity index (χ2n) is 5.68. The molecule has 0 spiro atoms. The second-order valence-corrected chi connectivity index (χ2v) is 6.35. The summed E-state index contributed by atoms with van der Waals surface area (Å²) in [5.41, 5.74) is 0.00551. The van der Waals surface area contributed by atoms with Crippen molar-refractivity contribution in [1.29, 1.82) is 0 Å². The van der Waals surface area contributed by atoms with Gasteiger partial charge >= 0.3 is 0 Å². The van der Waals surface area contributed by atoms with Gasteiger partial charge in [-0.3, -0.25) is 4.79 Å². The molecular weight excluding hydrogens is 300 g/mol. The zero-order valence-corrected chi connectivity index (χ0v) is 12.9. The normalized spacial score (nSPS) is 26.3. The highest BCUT2D eigenvalue weighted by Gasteiger charge is 2.35. The number of benzene rings is 1. The van der Waals surface area contributed by atoms with Crippen molar-refractivity contribution in [2.75, 3.05) is 5.88 Å². The van der Waals surface area contributed by atoms with Crippen molar-refractivity contribution in [2.45, 2.75) is 38.1 Å². The topological polar surface area (TPSA) is 29.1 Å². The van der Waals surface area contributed by atoms with Gasteiger partial charge in [0.15, 0.2) is 0 Å². The molecule has 0 aliphatic heterocycles. The van der Waals surface area contributed by atoms with Crippen LogP contribution in [-0.4, -0.2) is 17.3 Å². The Labute approximate surface area is 128 Å². The molecule has 5 heteroatoms. The van der Waals surface area contributed by atoms with Gasteiger partial charge < -0.3 is 5.32 Å². The predicted molar refractivity (Wildman–Crippen MR) is 80.0 cm³/mol. The molecule has 1 fully saturated rings. The molecule has 2 nitrogen and oxygen atoms in total. The van der Waals surface area contributed by atoms with Crippen molar-refractivity contribution in [3.05, 3.63) is 34.6 Å². The minimum Gasteiger partial charge on any atom is -0.345 e. The molecule has 1 saturated carbocycles. The van der Waals surface area contributed by atoms with Gasteiger partial charge in [-0.1, -0.05) is 18.5 Å². The number of nitrogens with one attached hydrogen (secondary N) is 1. The Kier molecular flexibility index (Phi) is 4.92. The van der Waals surface area contributed by atoms with Gasteiger partial charge in [0.1, 0.15) is 5.82 Å². The molecule has 1 aliphatic carbocycles.